The summed E-state index contributed by atoms with van der Waals surface area (Å²) in [6.45, 7) is 6.22. The molecular formula is C22H25NO4. The number of nitrogens with one attached hydrogen (secondary N) is 1. The Labute approximate surface area is 159 Å². The number of ether oxygens (including phenoxy) is 2. The van der Waals surface area contributed by atoms with Gasteiger partial charge < -0.3 is 14.8 Å². The van der Waals surface area contributed by atoms with E-state index in [-0.39, 0.29) is 24.7 Å². The quantitative estimate of drug-likeness (QED) is 0.594. The number of rotatable bonds is 7. The molecule has 1 aliphatic rings. The highest BCUT2D eigenvalue weighted by atomic mass is 16.5. The van der Waals surface area contributed by atoms with Gasteiger partial charge in [0.1, 0.15) is 17.8 Å². The summed E-state index contributed by atoms with van der Waals surface area (Å²) in [6, 6.07) is 14.7. The monoisotopic (exact) mass is 367 g/mol. The first-order valence-corrected chi connectivity index (χ1v) is 9.29. The minimum Gasteiger partial charge on any atom is -0.470 e. The predicted octanol–water partition coefficient (Wildman–Crippen LogP) is 3.99. The van der Waals surface area contributed by atoms with Gasteiger partial charge in [0.15, 0.2) is 6.23 Å². The zero-order chi connectivity index (χ0) is 19.4. The lowest BCUT2D eigenvalue weighted by Crippen LogP contribution is -2.69. The molecule has 0 bridgehead atoms. The number of hydrogen-bond acceptors (Lipinski definition) is 4. The molecule has 0 saturated carbocycles. The fraction of sp³-hybridized carbons (Fsp3) is 0.364. The maximum absolute atomic E-state index is 12.2. The van der Waals surface area contributed by atoms with E-state index in [4.69, 9.17) is 9.47 Å². The molecule has 0 aromatic heterocycles. The Morgan fingerprint density at radius 3 is 2.41 bits per heavy atom. The molecule has 2 aromatic carbocycles. The molecule has 1 heterocycles. The molecule has 0 aliphatic carbocycles. The van der Waals surface area contributed by atoms with Crippen molar-refractivity contribution in [3.05, 3.63) is 65.2 Å². The van der Waals surface area contributed by atoms with Crippen molar-refractivity contribution in [2.24, 2.45) is 5.41 Å². The molecule has 1 saturated heterocycles. The molecule has 3 rings (SSSR count). The van der Waals surface area contributed by atoms with Crippen LogP contribution >= 0.6 is 0 Å². The van der Waals surface area contributed by atoms with Gasteiger partial charge in [-0.3, -0.25) is 4.79 Å². The molecule has 0 spiro atoms. The number of amides is 1. The normalized spacial score (nSPS) is 17.6. The van der Waals surface area contributed by atoms with Crippen molar-refractivity contribution in [3.8, 4) is 5.75 Å². The van der Waals surface area contributed by atoms with Crippen LogP contribution in [0.3, 0.4) is 0 Å². The fourth-order valence-corrected chi connectivity index (χ4v) is 3.37. The molecule has 142 valence electrons. The molecule has 1 unspecified atom stereocenters. The summed E-state index contributed by atoms with van der Waals surface area (Å²) in [6.07, 6.45) is 1.12. The van der Waals surface area contributed by atoms with E-state index in [0.717, 1.165) is 24.0 Å². The first-order chi connectivity index (χ1) is 13.0. The molecule has 1 aliphatic heterocycles. The van der Waals surface area contributed by atoms with Crippen LogP contribution in [0.5, 0.6) is 5.75 Å². The summed E-state index contributed by atoms with van der Waals surface area (Å²) in [5.41, 5.74) is 2.08. The molecule has 5 heteroatoms. The number of aryl methyl sites for hydroxylation is 1. The highest BCUT2D eigenvalue weighted by Gasteiger charge is 2.54. The third-order valence-corrected chi connectivity index (χ3v) is 5.27. The highest BCUT2D eigenvalue weighted by Crippen LogP contribution is 2.39. The van der Waals surface area contributed by atoms with Crippen LogP contribution in [0.4, 0.5) is 0 Å². The van der Waals surface area contributed by atoms with Gasteiger partial charge in [-0.25, -0.2) is 4.79 Å². The van der Waals surface area contributed by atoms with Crippen molar-refractivity contribution < 1.29 is 19.1 Å². The van der Waals surface area contributed by atoms with E-state index in [1.165, 1.54) is 0 Å². The third kappa shape index (κ3) is 3.82. The maximum Gasteiger partial charge on any atom is 0.338 e. The minimum absolute atomic E-state index is 0.0360. The van der Waals surface area contributed by atoms with Crippen LogP contribution in [0.25, 0.3) is 0 Å². The van der Waals surface area contributed by atoms with E-state index in [0.29, 0.717) is 11.3 Å². The van der Waals surface area contributed by atoms with Crippen LogP contribution < -0.4 is 10.1 Å². The minimum atomic E-state index is -0.467. The van der Waals surface area contributed by atoms with Crippen LogP contribution in [0.2, 0.25) is 0 Å². The smallest absolute Gasteiger partial charge is 0.338 e. The van der Waals surface area contributed by atoms with Gasteiger partial charge >= 0.3 is 5.97 Å². The number of benzene rings is 2. The first-order valence-electron chi connectivity index (χ1n) is 9.29. The van der Waals surface area contributed by atoms with Crippen LogP contribution in [-0.4, -0.2) is 18.1 Å². The molecule has 27 heavy (non-hydrogen) atoms. The lowest BCUT2D eigenvalue weighted by atomic mass is 9.73. The summed E-state index contributed by atoms with van der Waals surface area (Å²) >= 11 is 0. The van der Waals surface area contributed by atoms with E-state index < -0.39 is 5.41 Å². The van der Waals surface area contributed by atoms with E-state index in [9.17, 15) is 9.59 Å². The Morgan fingerprint density at radius 1 is 1.11 bits per heavy atom. The lowest BCUT2D eigenvalue weighted by Gasteiger charge is -2.47. The molecule has 1 N–H and O–H groups in total. The van der Waals surface area contributed by atoms with Crippen LogP contribution in [-0.2, 0) is 16.1 Å². The van der Waals surface area contributed by atoms with E-state index in [1.807, 2.05) is 45.0 Å². The number of β-lactam (4-membered cyclic amide) rings is 1. The Bertz CT molecular complexity index is 824. The molecule has 1 amide bonds. The second-order valence-electron chi connectivity index (χ2n) is 6.92. The van der Waals surface area contributed by atoms with Crippen LogP contribution in [0, 0.1) is 12.3 Å². The summed E-state index contributed by atoms with van der Waals surface area (Å²) < 4.78 is 11.3. The van der Waals surface area contributed by atoms with Gasteiger partial charge in [0.05, 0.1) is 5.56 Å². The maximum atomic E-state index is 12.2. The van der Waals surface area contributed by atoms with Crippen LogP contribution in [0.1, 0.15) is 48.2 Å². The Morgan fingerprint density at radius 2 is 1.81 bits per heavy atom. The molecule has 2 aromatic rings. The number of hydrogen-bond donors (Lipinski definition) is 1. The zero-order valence-electron chi connectivity index (χ0n) is 16.0. The molecule has 5 nitrogen and oxygen atoms in total. The third-order valence-electron chi connectivity index (χ3n) is 5.27. The summed E-state index contributed by atoms with van der Waals surface area (Å²) in [4.78, 5) is 24.1. The van der Waals surface area contributed by atoms with Crippen molar-refractivity contribution in [2.45, 2.75) is 46.4 Å². The summed E-state index contributed by atoms with van der Waals surface area (Å²) in [7, 11) is 0. The largest absolute Gasteiger partial charge is 0.470 e. The Kier molecular flexibility index (Phi) is 5.49. The Balaban J connectivity index is 1.58. The van der Waals surface area contributed by atoms with Crippen LogP contribution in [0.15, 0.2) is 48.5 Å². The predicted molar refractivity (Wildman–Crippen MR) is 102 cm³/mol. The molecule has 0 radical (unpaired) electrons. The lowest BCUT2D eigenvalue weighted by molar-refractivity contribution is -0.161. The molecule has 1 atom stereocenters. The second-order valence-corrected chi connectivity index (χ2v) is 6.92. The standard InChI is InChI=1S/C22H25NO4/c1-4-22(5-2)20(25)23-21(22)27-18-11-9-17(10-12-18)19(24)26-14-16-8-6-7-15(3)13-16/h6-13,21H,4-5,14H2,1-3H3,(H,23,25). The van der Waals surface area contributed by atoms with Gasteiger partial charge in [-0.1, -0.05) is 43.7 Å². The van der Waals surface area contributed by atoms with Crippen molar-refractivity contribution in [3.63, 3.8) is 0 Å². The second kappa shape index (κ2) is 7.82. The average Bonchev–Trinajstić information content (AvgIpc) is 2.67. The summed E-state index contributed by atoms with van der Waals surface area (Å²) in [5.74, 6) is 0.270. The van der Waals surface area contributed by atoms with Gasteiger partial charge in [-0.15, -0.1) is 0 Å². The van der Waals surface area contributed by atoms with Gasteiger partial charge in [0.25, 0.3) is 0 Å². The highest BCUT2D eigenvalue weighted by molar-refractivity contribution is 5.90. The summed E-state index contributed by atoms with van der Waals surface area (Å²) in [5, 5.41) is 2.81. The molecule has 1 fully saturated rings. The van der Waals surface area contributed by atoms with Gasteiger partial charge in [0, 0.05) is 0 Å². The van der Waals surface area contributed by atoms with Crippen molar-refractivity contribution >= 4 is 11.9 Å². The van der Waals surface area contributed by atoms with E-state index in [1.54, 1.807) is 24.3 Å². The van der Waals surface area contributed by atoms with Gasteiger partial charge in [-0.05, 0) is 49.6 Å². The first kappa shape index (κ1) is 19.0. The molecular weight excluding hydrogens is 342 g/mol. The fourth-order valence-electron chi connectivity index (χ4n) is 3.37. The van der Waals surface area contributed by atoms with E-state index in [2.05, 4.69) is 5.32 Å². The van der Waals surface area contributed by atoms with Crippen molar-refractivity contribution in [2.75, 3.05) is 0 Å². The van der Waals surface area contributed by atoms with Crippen molar-refractivity contribution in [1.29, 1.82) is 0 Å². The van der Waals surface area contributed by atoms with Crippen molar-refractivity contribution in [1.82, 2.24) is 5.32 Å². The zero-order valence-corrected chi connectivity index (χ0v) is 16.0. The van der Waals surface area contributed by atoms with Gasteiger partial charge in [-0.2, -0.15) is 0 Å². The number of carbonyl (C=O) groups is 2. The number of carbonyl (C=O) groups excluding carboxylic acids is 2. The topological polar surface area (TPSA) is 64.6 Å². The number of esters is 1. The SMILES string of the molecule is CCC1(CC)C(=O)NC1Oc1ccc(C(=O)OCc2cccc(C)c2)cc1. The van der Waals surface area contributed by atoms with E-state index >= 15 is 0 Å². The van der Waals surface area contributed by atoms with Gasteiger partial charge in [0.2, 0.25) is 5.91 Å². The Hall–Kier alpha value is -2.82. The average molecular weight is 367 g/mol.